The highest BCUT2D eigenvalue weighted by atomic mass is 16.7. The first-order valence-electron chi connectivity index (χ1n) is 5.58. The standard InChI is InChI=1S/C12H15NO3/c13-7-9-8-15-12(16-9)5-6-14-11-4-2-1-3-10(11)12/h1-4,9H,5-8,13H2. The van der Waals surface area contributed by atoms with Crippen LogP contribution in [0.5, 0.6) is 5.75 Å². The highest BCUT2D eigenvalue weighted by Crippen LogP contribution is 2.44. The summed E-state index contributed by atoms with van der Waals surface area (Å²) in [6, 6.07) is 7.86. The Kier molecular flexibility index (Phi) is 2.35. The number of nitrogens with two attached hydrogens (primary N) is 1. The second-order valence-corrected chi connectivity index (χ2v) is 4.13. The van der Waals surface area contributed by atoms with Gasteiger partial charge < -0.3 is 19.9 Å². The monoisotopic (exact) mass is 221 g/mol. The lowest BCUT2D eigenvalue weighted by Crippen LogP contribution is -2.35. The summed E-state index contributed by atoms with van der Waals surface area (Å²) in [4.78, 5) is 0. The van der Waals surface area contributed by atoms with Gasteiger partial charge in [-0.05, 0) is 12.1 Å². The number of rotatable bonds is 1. The van der Waals surface area contributed by atoms with E-state index in [4.69, 9.17) is 19.9 Å². The maximum absolute atomic E-state index is 5.94. The van der Waals surface area contributed by atoms with Gasteiger partial charge in [0.1, 0.15) is 5.75 Å². The van der Waals surface area contributed by atoms with Crippen LogP contribution in [0.25, 0.3) is 0 Å². The lowest BCUT2D eigenvalue weighted by molar-refractivity contribution is -0.192. The molecule has 2 heterocycles. The van der Waals surface area contributed by atoms with Crippen molar-refractivity contribution in [3.63, 3.8) is 0 Å². The molecule has 16 heavy (non-hydrogen) atoms. The number of para-hydroxylation sites is 1. The second-order valence-electron chi connectivity index (χ2n) is 4.13. The van der Waals surface area contributed by atoms with Gasteiger partial charge >= 0.3 is 0 Å². The first kappa shape index (κ1) is 10.1. The largest absolute Gasteiger partial charge is 0.493 e. The van der Waals surface area contributed by atoms with Gasteiger partial charge in [-0.1, -0.05) is 12.1 Å². The Morgan fingerprint density at radius 2 is 2.25 bits per heavy atom. The quantitative estimate of drug-likeness (QED) is 0.768. The molecule has 1 fully saturated rings. The Balaban J connectivity index is 1.98. The van der Waals surface area contributed by atoms with Crippen molar-refractivity contribution in [3.8, 4) is 5.75 Å². The highest BCUT2D eigenvalue weighted by molar-refractivity contribution is 5.38. The zero-order valence-electron chi connectivity index (χ0n) is 9.02. The molecule has 2 aliphatic heterocycles. The molecule has 0 aromatic heterocycles. The molecule has 0 radical (unpaired) electrons. The van der Waals surface area contributed by atoms with Crippen LogP contribution in [0, 0.1) is 0 Å². The lowest BCUT2D eigenvalue weighted by Gasteiger charge is -2.33. The van der Waals surface area contributed by atoms with E-state index in [1.165, 1.54) is 0 Å². The summed E-state index contributed by atoms with van der Waals surface area (Å²) >= 11 is 0. The lowest BCUT2D eigenvalue weighted by atomic mass is 9.99. The van der Waals surface area contributed by atoms with Crippen LogP contribution >= 0.6 is 0 Å². The van der Waals surface area contributed by atoms with E-state index in [9.17, 15) is 0 Å². The van der Waals surface area contributed by atoms with E-state index >= 15 is 0 Å². The summed E-state index contributed by atoms with van der Waals surface area (Å²) in [5, 5.41) is 0. The van der Waals surface area contributed by atoms with Crippen molar-refractivity contribution in [1.29, 1.82) is 0 Å². The maximum Gasteiger partial charge on any atom is 0.202 e. The minimum atomic E-state index is -0.626. The van der Waals surface area contributed by atoms with E-state index in [0.717, 1.165) is 17.7 Å². The van der Waals surface area contributed by atoms with Crippen molar-refractivity contribution >= 4 is 0 Å². The van der Waals surface area contributed by atoms with Gasteiger partial charge in [-0.3, -0.25) is 0 Å². The molecule has 2 atom stereocenters. The molecule has 2 aliphatic rings. The van der Waals surface area contributed by atoms with Crippen LogP contribution in [0.2, 0.25) is 0 Å². The van der Waals surface area contributed by atoms with E-state index in [1.807, 2.05) is 24.3 Å². The van der Waals surface area contributed by atoms with Crippen LogP contribution in [0.1, 0.15) is 12.0 Å². The van der Waals surface area contributed by atoms with Gasteiger partial charge in [-0.25, -0.2) is 0 Å². The fourth-order valence-corrected chi connectivity index (χ4v) is 2.29. The van der Waals surface area contributed by atoms with E-state index in [1.54, 1.807) is 0 Å². The van der Waals surface area contributed by atoms with Gasteiger partial charge in [0.15, 0.2) is 0 Å². The number of benzene rings is 1. The highest BCUT2D eigenvalue weighted by Gasteiger charge is 2.46. The summed E-state index contributed by atoms with van der Waals surface area (Å²) in [6.45, 7) is 1.67. The number of ether oxygens (including phenoxy) is 3. The van der Waals surface area contributed by atoms with Gasteiger partial charge in [0.25, 0.3) is 0 Å². The number of hydrogen-bond acceptors (Lipinski definition) is 4. The normalized spacial score (nSPS) is 32.4. The Labute approximate surface area is 94.3 Å². The average Bonchev–Trinajstić information content (AvgIpc) is 2.74. The molecule has 0 amide bonds. The van der Waals surface area contributed by atoms with Crippen molar-refractivity contribution < 1.29 is 14.2 Å². The Morgan fingerprint density at radius 3 is 3.06 bits per heavy atom. The van der Waals surface area contributed by atoms with Crippen molar-refractivity contribution in [2.45, 2.75) is 18.3 Å². The summed E-state index contributed by atoms with van der Waals surface area (Å²) in [5.74, 6) is 0.227. The molecule has 86 valence electrons. The zero-order chi connectivity index (χ0) is 11.0. The average molecular weight is 221 g/mol. The van der Waals surface area contributed by atoms with Gasteiger partial charge in [-0.15, -0.1) is 0 Å². The third-order valence-corrected chi connectivity index (χ3v) is 3.11. The van der Waals surface area contributed by atoms with Crippen molar-refractivity contribution in [3.05, 3.63) is 29.8 Å². The van der Waals surface area contributed by atoms with Crippen LogP contribution < -0.4 is 10.5 Å². The van der Waals surface area contributed by atoms with Crippen molar-refractivity contribution in [1.82, 2.24) is 0 Å². The van der Waals surface area contributed by atoms with Crippen LogP contribution in [0.3, 0.4) is 0 Å². The molecule has 1 aromatic carbocycles. The summed E-state index contributed by atoms with van der Waals surface area (Å²) in [6.07, 6.45) is 0.715. The van der Waals surface area contributed by atoms with E-state index in [0.29, 0.717) is 19.8 Å². The smallest absolute Gasteiger partial charge is 0.202 e. The number of fused-ring (bicyclic) bond motifs is 2. The Morgan fingerprint density at radius 1 is 1.38 bits per heavy atom. The molecule has 4 heteroatoms. The molecule has 3 rings (SSSR count). The third kappa shape index (κ3) is 1.42. The maximum atomic E-state index is 5.94. The van der Waals surface area contributed by atoms with Crippen LogP contribution in [-0.2, 0) is 15.3 Å². The van der Waals surface area contributed by atoms with Crippen molar-refractivity contribution in [2.24, 2.45) is 5.73 Å². The van der Waals surface area contributed by atoms with Crippen LogP contribution in [-0.4, -0.2) is 25.9 Å². The fourth-order valence-electron chi connectivity index (χ4n) is 2.29. The summed E-state index contributed by atoms with van der Waals surface area (Å²) in [5.41, 5.74) is 6.59. The fraction of sp³-hybridized carbons (Fsp3) is 0.500. The van der Waals surface area contributed by atoms with Gasteiger partial charge in [0.05, 0.1) is 24.9 Å². The topological polar surface area (TPSA) is 53.7 Å². The molecule has 4 nitrogen and oxygen atoms in total. The molecular formula is C12H15NO3. The van der Waals surface area contributed by atoms with Crippen LogP contribution in [0.15, 0.2) is 24.3 Å². The SMILES string of the molecule is NCC1COC2(CCOc3ccccc32)O1. The molecule has 0 saturated carbocycles. The molecule has 1 aromatic rings. The molecule has 1 saturated heterocycles. The first-order valence-corrected chi connectivity index (χ1v) is 5.58. The Bertz CT molecular complexity index is 396. The van der Waals surface area contributed by atoms with Crippen molar-refractivity contribution in [2.75, 3.05) is 19.8 Å². The zero-order valence-corrected chi connectivity index (χ0v) is 9.02. The van der Waals surface area contributed by atoms with E-state index < -0.39 is 5.79 Å². The minimum absolute atomic E-state index is 0.00819. The third-order valence-electron chi connectivity index (χ3n) is 3.11. The summed E-state index contributed by atoms with van der Waals surface area (Å²) in [7, 11) is 0. The minimum Gasteiger partial charge on any atom is -0.493 e. The molecule has 0 aliphatic carbocycles. The Hall–Kier alpha value is -1.10. The van der Waals surface area contributed by atoms with Gasteiger partial charge in [-0.2, -0.15) is 0 Å². The van der Waals surface area contributed by atoms with Crippen LogP contribution in [0.4, 0.5) is 0 Å². The van der Waals surface area contributed by atoms with E-state index in [-0.39, 0.29) is 6.10 Å². The number of hydrogen-bond donors (Lipinski definition) is 1. The van der Waals surface area contributed by atoms with E-state index in [2.05, 4.69) is 0 Å². The molecule has 0 bridgehead atoms. The second kappa shape index (κ2) is 3.73. The summed E-state index contributed by atoms with van der Waals surface area (Å²) < 4.78 is 17.4. The molecular weight excluding hydrogens is 206 g/mol. The molecule has 2 N–H and O–H groups in total. The predicted octanol–water partition coefficient (Wildman–Crippen LogP) is 0.996. The first-order chi connectivity index (χ1) is 7.84. The predicted molar refractivity (Wildman–Crippen MR) is 58.1 cm³/mol. The van der Waals surface area contributed by atoms with Gasteiger partial charge in [0, 0.05) is 13.0 Å². The molecule has 1 spiro atoms. The van der Waals surface area contributed by atoms with Gasteiger partial charge in [0.2, 0.25) is 5.79 Å². The molecule has 2 unspecified atom stereocenters.